The van der Waals surface area contributed by atoms with Crippen molar-refractivity contribution < 1.29 is 9.59 Å². The summed E-state index contributed by atoms with van der Waals surface area (Å²) >= 11 is 0. The molecule has 6 heteroatoms. The number of rotatable bonds is 1. The fourth-order valence-corrected chi connectivity index (χ4v) is 2.58. The van der Waals surface area contributed by atoms with Gasteiger partial charge >= 0.3 is 0 Å². The molecule has 3 rings (SSSR count). The van der Waals surface area contributed by atoms with Crippen LogP contribution in [-0.2, 0) is 9.59 Å². The van der Waals surface area contributed by atoms with E-state index in [9.17, 15) is 9.59 Å². The van der Waals surface area contributed by atoms with Crippen molar-refractivity contribution in [3.63, 3.8) is 0 Å². The number of amides is 2. The van der Waals surface area contributed by atoms with Gasteiger partial charge < -0.3 is 20.9 Å². The minimum atomic E-state index is -0.323. The van der Waals surface area contributed by atoms with E-state index in [-0.39, 0.29) is 24.4 Å². The Labute approximate surface area is 117 Å². The average Bonchev–Trinajstić information content (AvgIpc) is 2.70. The van der Waals surface area contributed by atoms with Crippen molar-refractivity contribution in [1.29, 1.82) is 0 Å². The maximum Gasteiger partial charge on any atom is 0.247 e. The Hall–Kier alpha value is -2.24. The first-order valence-corrected chi connectivity index (χ1v) is 6.89. The summed E-state index contributed by atoms with van der Waals surface area (Å²) in [6, 6.07) is 7.48. The number of hydrogen-bond acceptors (Lipinski definition) is 4. The molecule has 0 aliphatic carbocycles. The summed E-state index contributed by atoms with van der Waals surface area (Å²) in [4.78, 5) is 25.7. The Kier molecular flexibility index (Phi) is 3.45. The van der Waals surface area contributed by atoms with Crippen LogP contribution in [0.1, 0.15) is 6.42 Å². The molecule has 0 saturated carbocycles. The largest absolute Gasteiger partial charge is 0.381 e. The first-order chi connectivity index (χ1) is 9.74. The van der Waals surface area contributed by atoms with Crippen molar-refractivity contribution in [3.05, 3.63) is 24.3 Å². The fourth-order valence-electron chi connectivity index (χ4n) is 2.58. The van der Waals surface area contributed by atoms with Crippen molar-refractivity contribution in [2.75, 3.05) is 36.8 Å². The van der Waals surface area contributed by atoms with Crippen molar-refractivity contribution in [3.8, 4) is 0 Å². The molecular weight excluding hydrogens is 256 g/mol. The van der Waals surface area contributed by atoms with E-state index in [1.165, 1.54) is 0 Å². The molecule has 1 fully saturated rings. The Balaban J connectivity index is 1.70. The van der Waals surface area contributed by atoms with Crippen LogP contribution in [0.25, 0.3) is 0 Å². The maximum atomic E-state index is 12.5. The highest BCUT2D eigenvalue weighted by Gasteiger charge is 2.29. The summed E-state index contributed by atoms with van der Waals surface area (Å²) in [5.41, 5.74) is 1.93. The quantitative estimate of drug-likeness (QED) is 0.686. The van der Waals surface area contributed by atoms with Gasteiger partial charge in [-0.25, -0.2) is 0 Å². The van der Waals surface area contributed by atoms with Crippen LogP contribution in [0.4, 0.5) is 11.4 Å². The Morgan fingerprint density at radius 3 is 2.85 bits per heavy atom. The molecule has 1 unspecified atom stereocenters. The second-order valence-corrected chi connectivity index (χ2v) is 5.09. The van der Waals surface area contributed by atoms with Gasteiger partial charge in [0.1, 0.15) is 6.04 Å². The third-order valence-electron chi connectivity index (χ3n) is 3.62. The second-order valence-electron chi connectivity index (χ2n) is 5.09. The second kappa shape index (κ2) is 5.40. The molecule has 106 valence electrons. The molecule has 6 nitrogen and oxygen atoms in total. The van der Waals surface area contributed by atoms with Crippen LogP contribution in [0, 0.1) is 0 Å². The van der Waals surface area contributed by atoms with E-state index < -0.39 is 0 Å². The zero-order valence-electron chi connectivity index (χ0n) is 11.2. The lowest BCUT2D eigenvalue weighted by atomic mass is 10.1. The van der Waals surface area contributed by atoms with E-state index in [0.717, 1.165) is 17.8 Å². The normalized spacial score (nSPS) is 21.9. The van der Waals surface area contributed by atoms with Crippen LogP contribution in [0.15, 0.2) is 24.3 Å². The SMILES string of the molecule is O=C1CN(C(=O)C2CNc3ccccc3N2)CCCN1. The zero-order valence-corrected chi connectivity index (χ0v) is 11.2. The van der Waals surface area contributed by atoms with Crippen LogP contribution in [0.5, 0.6) is 0 Å². The van der Waals surface area contributed by atoms with Gasteiger partial charge in [-0.2, -0.15) is 0 Å². The van der Waals surface area contributed by atoms with Gasteiger partial charge in [0.15, 0.2) is 0 Å². The van der Waals surface area contributed by atoms with E-state index in [2.05, 4.69) is 16.0 Å². The Morgan fingerprint density at radius 2 is 2.00 bits per heavy atom. The zero-order chi connectivity index (χ0) is 13.9. The number of hydrogen-bond donors (Lipinski definition) is 3. The highest BCUT2D eigenvalue weighted by atomic mass is 16.2. The summed E-state index contributed by atoms with van der Waals surface area (Å²) in [6.07, 6.45) is 0.800. The van der Waals surface area contributed by atoms with E-state index >= 15 is 0 Å². The maximum absolute atomic E-state index is 12.5. The van der Waals surface area contributed by atoms with Crippen LogP contribution in [0.3, 0.4) is 0 Å². The van der Waals surface area contributed by atoms with Gasteiger partial charge in [0.2, 0.25) is 11.8 Å². The number of carbonyl (C=O) groups is 2. The molecule has 0 aromatic heterocycles. The number of anilines is 2. The molecular formula is C14H18N4O2. The first kappa shape index (κ1) is 12.8. The average molecular weight is 274 g/mol. The number of carbonyl (C=O) groups excluding carboxylic acids is 2. The molecule has 1 atom stereocenters. The van der Waals surface area contributed by atoms with E-state index in [1.807, 2.05) is 24.3 Å². The lowest BCUT2D eigenvalue weighted by Crippen LogP contribution is -2.49. The molecule has 0 spiro atoms. The van der Waals surface area contributed by atoms with Gasteiger partial charge in [-0.05, 0) is 18.6 Å². The van der Waals surface area contributed by atoms with Gasteiger partial charge in [-0.3, -0.25) is 9.59 Å². The molecule has 2 amide bonds. The lowest BCUT2D eigenvalue weighted by Gasteiger charge is -2.31. The Morgan fingerprint density at radius 1 is 1.20 bits per heavy atom. The predicted octanol–water partition coefficient (Wildman–Crippen LogP) is 0.241. The van der Waals surface area contributed by atoms with Crippen molar-refractivity contribution in [1.82, 2.24) is 10.2 Å². The topological polar surface area (TPSA) is 73.5 Å². The summed E-state index contributed by atoms with van der Waals surface area (Å²) in [6.45, 7) is 1.95. The molecule has 2 aliphatic heterocycles. The van der Waals surface area contributed by atoms with Crippen molar-refractivity contribution in [2.45, 2.75) is 12.5 Å². The molecule has 1 saturated heterocycles. The van der Waals surface area contributed by atoms with Crippen LogP contribution < -0.4 is 16.0 Å². The molecule has 2 heterocycles. The van der Waals surface area contributed by atoms with E-state index in [0.29, 0.717) is 19.6 Å². The number of nitrogens with one attached hydrogen (secondary N) is 3. The molecule has 0 radical (unpaired) electrons. The summed E-state index contributed by atoms with van der Waals surface area (Å²) in [5, 5.41) is 9.27. The smallest absolute Gasteiger partial charge is 0.247 e. The minimum Gasteiger partial charge on any atom is -0.381 e. The first-order valence-electron chi connectivity index (χ1n) is 6.89. The number of nitrogens with zero attached hydrogens (tertiary/aromatic N) is 1. The highest BCUT2D eigenvalue weighted by molar-refractivity contribution is 5.91. The third kappa shape index (κ3) is 2.54. The van der Waals surface area contributed by atoms with Gasteiger partial charge in [-0.15, -0.1) is 0 Å². The van der Waals surface area contributed by atoms with Crippen LogP contribution >= 0.6 is 0 Å². The molecule has 3 N–H and O–H groups in total. The molecule has 2 aliphatic rings. The molecule has 0 bridgehead atoms. The van der Waals surface area contributed by atoms with E-state index in [4.69, 9.17) is 0 Å². The lowest BCUT2D eigenvalue weighted by molar-refractivity contribution is -0.135. The van der Waals surface area contributed by atoms with Crippen molar-refractivity contribution in [2.24, 2.45) is 0 Å². The highest BCUT2D eigenvalue weighted by Crippen LogP contribution is 2.25. The third-order valence-corrected chi connectivity index (χ3v) is 3.62. The van der Waals surface area contributed by atoms with Gasteiger partial charge in [0, 0.05) is 19.6 Å². The monoisotopic (exact) mass is 274 g/mol. The molecule has 1 aromatic rings. The Bertz CT molecular complexity index is 532. The van der Waals surface area contributed by atoms with Gasteiger partial charge in [0.25, 0.3) is 0 Å². The molecule has 1 aromatic carbocycles. The van der Waals surface area contributed by atoms with Gasteiger partial charge in [0.05, 0.1) is 17.9 Å². The summed E-state index contributed by atoms with van der Waals surface area (Å²) in [7, 11) is 0. The predicted molar refractivity (Wildman–Crippen MR) is 76.5 cm³/mol. The van der Waals surface area contributed by atoms with E-state index in [1.54, 1.807) is 4.90 Å². The van der Waals surface area contributed by atoms with Crippen LogP contribution in [-0.4, -0.2) is 48.9 Å². The van der Waals surface area contributed by atoms with Gasteiger partial charge in [-0.1, -0.05) is 12.1 Å². The molecule has 20 heavy (non-hydrogen) atoms. The fraction of sp³-hybridized carbons (Fsp3) is 0.429. The minimum absolute atomic E-state index is 0.0240. The number of fused-ring (bicyclic) bond motifs is 1. The summed E-state index contributed by atoms with van der Waals surface area (Å²) < 4.78 is 0. The number of benzene rings is 1. The standard InChI is InChI=1S/C14H18N4O2/c19-13-9-18(7-3-6-15-13)14(20)12-8-16-10-4-1-2-5-11(10)17-12/h1-2,4-5,12,16-17H,3,6-9H2,(H,15,19). The number of para-hydroxylation sites is 2. The van der Waals surface area contributed by atoms with Crippen LogP contribution in [0.2, 0.25) is 0 Å². The summed E-state index contributed by atoms with van der Waals surface area (Å²) in [5.74, 6) is -0.107. The van der Waals surface area contributed by atoms with Crippen molar-refractivity contribution >= 4 is 23.2 Å².